The van der Waals surface area contributed by atoms with Crippen molar-refractivity contribution in [1.29, 1.82) is 10.5 Å². The highest BCUT2D eigenvalue weighted by Crippen LogP contribution is 2.34. The molecule has 88 valence electrons. The van der Waals surface area contributed by atoms with Crippen LogP contribution in [0.3, 0.4) is 0 Å². The summed E-state index contributed by atoms with van der Waals surface area (Å²) in [4.78, 5) is 0. The first kappa shape index (κ1) is 13.5. The van der Waals surface area contributed by atoms with Crippen LogP contribution >= 0.6 is 12.4 Å². The van der Waals surface area contributed by atoms with Gasteiger partial charge in [-0.05, 0) is 37.6 Å². The lowest BCUT2D eigenvalue weighted by Crippen LogP contribution is -2.39. The molecule has 0 aliphatic carbocycles. The number of hydrogen-bond acceptors (Lipinski definition) is 3. The van der Waals surface area contributed by atoms with Crippen molar-refractivity contribution in [3.8, 4) is 12.1 Å². The predicted octanol–water partition coefficient (Wildman–Crippen LogP) is 2.12. The summed E-state index contributed by atoms with van der Waals surface area (Å²) in [5.41, 5.74) is 1.05. The fraction of sp³-hybridized carbons (Fsp3) is 0.385. The third-order valence-corrected chi connectivity index (χ3v) is 3.23. The minimum atomic E-state index is -0.475. The Morgan fingerprint density at radius 2 is 1.76 bits per heavy atom. The van der Waals surface area contributed by atoms with Crippen molar-refractivity contribution in [2.75, 3.05) is 13.1 Å². The molecule has 1 N–H and O–H groups in total. The van der Waals surface area contributed by atoms with Crippen LogP contribution in [0.4, 0.5) is 0 Å². The van der Waals surface area contributed by atoms with Crippen molar-refractivity contribution in [2.45, 2.75) is 18.3 Å². The number of halogens is 1. The standard InChI is InChI=1S/C13H13N3.ClH/c14-9-11-3-1-2-4-12(11)13(10-15)5-7-16-8-6-13;/h1-4,16H,5-8H2;1H. The van der Waals surface area contributed by atoms with Crippen LogP contribution in [0.1, 0.15) is 24.0 Å². The molecule has 0 spiro atoms. The first-order valence-corrected chi connectivity index (χ1v) is 5.44. The summed E-state index contributed by atoms with van der Waals surface area (Å²) in [6, 6.07) is 12.0. The van der Waals surface area contributed by atoms with E-state index in [1.165, 1.54) is 0 Å². The summed E-state index contributed by atoms with van der Waals surface area (Å²) in [6.07, 6.45) is 1.56. The minimum absolute atomic E-state index is 0. The summed E-state index contributed by atoms with van der Waals surface area (Å²) in [7, 11) is 0. The van der Waals surface area contributed by atoms with Crippen molar-refractivity contribution >= 4 is 12.4 Å². The zero-order valence-electron chi connectivity index (χ0n) is 9.44. The van der Waals surface area contributed by atoms with E-state index in [1.807, 2.05) is 18.2 Å². The SMILES string of the molecule is Cl.N#Cc1ccccc1C1(C#N)CCNCC1. The van der Waals surface area contributed by atoms with Crippen LogP contribution in [0.2, 0.25) is 0 Å². The second-order valence-electron chi connectivity index (χ2n) is 4.10. The van der Waals surface area contributed by atoms with Gasteiger partial charge in [-0.25, -0.2) is 0 Å². The lowest BCUT2D eigenvalue weighted by atomic mass is 9.73. The number of benzene rings is 1. The smallest absolute Gasteiger partial charge is 0.0995 e. The molecule has 1 fully saturated rings. The number of nitrogens with zero attached hydrogens (tertiary/aromatic N) is 2. The van der Waals surface area contributed by atoms with Crippen molar-refractivity contribution in [3.05, 3.63) is 35.4 Å². The number of piperidine rings is 1. The second-order valence-corrected chi connectivity index (χ2v) is 4.10. The van der Waals surface area contributed by atoms with Crippen LogP contribution in [-0.4, -0.2) is 13.1 Å². The fourth-order valence-electron chi connectivity index (χ4n) is 2.29. The maximum atomic E-state index is 9.43. The highest BCUT2D eigenvalue weighted by molar-refractivity contribution is 5.85. The van der Waals surface area contributed by atoms with Gasteiger partial charge in [-0.3, -0.25) is 0 Å². The molecule has 1 aliphatic heterocycles. The minimum Gasteiger partial charge on any atom is -0.317 e. The largest absolute Gasteiger partial charge is 0.317 e. The Morgan fingerprint density at radius 3 is 2.35 bits per heavy atom. The normalized spacial score (nSPS) is 17.3. The van der Waals surface area contributed by atoms with Crippen molar-refractivity contribution in [2.24, 2.45) is 0 Å². The van der Waals surface area contributed by atoms with E-state index in [2.05, 4.69) is 17.5 Å². The van der Waals surface area contributed by atoms with E-state index < -0.39 is 5.41 Å². The fourth-order valence-corrected chi connectivity index (χ4v) is 2.29. The molecule has 0 atom stereocenters. The summed E-state index contributed by atoms with van der Waals surface area (Å²) in [6.45, 7) is 1.68. The summed E-state index contributed by atoms with van der Waals surface area (Å²) < 4.78 is 0. The summed E-state index contributed by atoms with van der Waals surface area (Å²) >= 11 is 0. The Kier molecular flexibility index (Phi) is 4.52. The number of rotatable bonds is 1. The third kappa shape index (κ3) is 2.42. The third-order valence-electron chi connectivity index (χ3n) is 3.23. The average molecular weight is 248 g/mol. The van der Waals surface area contributed by atoms with Gasteiger partial charge in [-0.15, -0.1) is 12.4 Å². The Balaban J connectivity index is 0.00000144. The zero-order valence-corrected chi connectivity index (χ0v) is 10.3. The molecule has 0 aromatic heterocycles. The molecule has 0 saturated carbocycles. The van der Waals surface area contributed by atoms with E-state index in [-0.39, 0.29) is 12.4 Å². The van der Waals surface area contributed by atoms with Crippen LogP contribution in [0.15, 0.2) is 24.3 Å². The van der Waals surface area contributed by atoms with Gasteiger partial charge in [-0.1, -0.05) is 18.2 Å². The van der Waals surface area contributed by atoms with Gasteiger partial charge in [-0.2, -0.15) is 10.5 Å². The Hall–Kier alpha value is -1.55. The molecular formula is C13H14ClN3. The molecule has 1 aromatic rings. The summed E-state index contributed by atoms with van der Waals surface area (Å²) in [5, 5.41) is 21.8. The van der Waals surface area contributed by atoms with Crippen LogP contribution in [0, 0.1) is 22.7 Å². The highest BCUT2D eigenvalue weighted by Gasteiger charge is 2.35. The number of hydrogen-bond donors (Lipinski definition) is 1. The highest BCUT2D eigenvalue weighted by atomic mass is 35.5. The van der Waals surface area contributed by atoms with E-state index in [0.717, 1.165) is 31.5 Å². The molecule has 1 heterocycles. The van der Waals surface area contributed by atoms with E-state index >= 15 is 0 Å². The quantitative estimate of drug-likeness (QED) is 0.827. The van der Waals surface area contributed by atoms with Gasteiger partial charge < -0.3 is 5.32 Å². The Morgan fingerprint density at radius 1 is 1.12 bits per heavy atom. The van der Waals surface area contributed by atoms with Crippen LogP contribution in [0.25, 0.3) is 0 Å². The monoisotopic (exact) mass is 247 g/mol. The molecule has 4 heteroatoms. The number of nitriles is 2. The van der Waals surface area contributed by atoms with Gasteiger partial charge >= 0.3 is 0 Å². The Bertz CT molecular complexity index is 464. The topological polar surface area (TPSA) is 59.6 Å². The molecule has 3 nitrogen and oxygen atoms in total. The van der Waals surface area contributed by atoms with Gasteiger partial charge in [0.15, 0.2) is 0 Å². The van der Waals surface area contributed by atoms with Crippen LogP contribution < -0.4 is 5.32 Å². The molecular weight excluding hydrogens is 234 g/mol. The van der Waals surface area contributed by atoms with Crippen molar-refractivity contribution in [1.82, 2.24) is 5.32 Å². The van der Waals surface area contributed by atoms with E-state index in [0.29, 0.717) is 5.56 Å². The van der Waals surface area contributed by atoms with Gasteiger partial charge in [0.2, 0.25) is 0 Å². The first-order chi connectivity index (χ1) is 7.82. The molecule has 0 bridgehead atoms. The predicted molar refractivity (Wildman–Crippen MR) is 67.8 cm³/mol. The van der Waals surface area contributed by atoms with E-state index in [9.17, 15) is 5.26 Å². The van der Waals surface area contributed by atoms with Gasteiger partial charge in [0, 0.05) is 0 Å². The molecule has 0 radical (unpaired) electrons. The molecule has 1 saturated heterocycles. The van der Waals surface area contributed by atoms with Crippen molar-refractivity contribution in [3.63, 3.8) is 0 Å². The molecule has 0 amide bonds. The lowest BCUT2D eigenvalue weighted by Gasteiger charge is -2.32. The molecule has 0 unspecified atom stereocenters. The van der Waals surface area contributed by atoms with Crippen LogP contribution in [0.5, 0.6) is 0 Å². The maximum absolute atomic E-state index is 9.43. The summed E-state index contributed by atoms with van der Waals surface area (Å²) in [5.74, 6) is 0. The van der Waals surface area contributed by atoms with Gasteiger partial charge in [0.1, 0.15) is 0 Å². The first-order valence-electron chi connectivity index (χ1n) is 5.44. The zero-order chi connectivity index (χ0) is 11.4. The Labute approximate surface area is 107 Å². The van der Waals surface area contributed by atoms with Gasteiger partial charge in [0.25, 0.3) is 0 Å². The average Bonchev–Trinajstić information content (AvgIpc) is 2.39. The van der Waals surface area contributed by atoms with Crippen molar-refractivity contribution < 1.29 is 0 Å². The van der Waals surface area contributed by atoms with Gasteiger partial charge in [0.05, 0.1) is 23.1 Å². The molecule has 17 heavy (non-hydrogen) atoms. The van der Waals surface area contributed by atoms with E-state index in [4.69, 9.17) is 5.26 Å². The van der Waals surface area contributed by atoms with Crippen LogP contribution in [-0.2, 0) is 5.41 Å². The lowest BCUT2D eigenvalue weighted by molar-refractivity contribution is 0.382. The molecule has 2 rings (SSSR count). The maximum Gasteiger partial charge on any atom is 0.0995 e. The molecule has 1 aliphatic rings. The molecule has 1 aromatic carbocycles. The number of nitrogens with one attached hydrogen (secondary N) is 1. The second kappa shape index (κ2) is 5.68. The van der Waals surface area contributed by atoms with E-state index in [1.54, 1.807) is 6.07 Å².